The number of nitrogens with zero attached hydrogens (tertiary/aromatic N) is 1. The van der Waals surface area contributed by atoms with Crippen LogP contribution in [-0.4, -0.2) is 18.2 Å². The molecule has 3 N–H and O–H groups in total. The summed E-state index contributed by atoms with van der Waals surface area (Å²) in [6.07, 6.45) is 0. The summed E-state index contributed by atoms with van der Waals surface area (Å²) in [6, 6.07) is 13.5. The van der Waals surface area contributed by atoms with E-state index in [1.165, 1.54) is 19.2 Å². The van der Waals surface area contributed by atoms with E-state index in [0.29, 0.717) is 16.9 Å². The summed E-state index contributed by atoms with van der Waals surface area (Å²) in [5, 5.41) is 19.1. The van der Waals surface area contributed by atoms with Crippen LogP contribution in [-0.2, 0) is 4.74 Å². The number of fused-ring (bicyclic) bond motifs is 1. The quantitative estimate of drug-likeness (QED) is 0.822. The molecule has 2 aromatic rings. The number of allylic oxidation sites excluding steroid dienone is 1. The molecule has 0 amide bonds. The minimum absolute atomic E-state index is 0.00218. The molecule has 0 radical (unpaired) electrons. The van der Waals surface area contributed by atoms with Crippen LogP contribution in [0.2, 0.25) is 0 Å². The molecule has 0 spiro atoms. The minimum Gasteiger partial charge on any atom is -0.508 e. The first kappa shape index (κ1) is 15.4. The van der Waals surface area contributed by atoms with Crippen LogP contribution in [0.3, 0.4) is 0 Å². The standard InChI is InChI=1S/C18H14N2O4/c1-23-18(22)11-4-2-10(3-5-11)16-13-7-6-12(21)8-15(13)24-17(20)14(16)9-19/h2-8,16,21H,20H2,1H3/t16-/m0/s1. The Morgan fingerprint density at radius 2 is 2.00 bits per heavy atom. The number of benzene rings is 2. The van der Waals surface area contributed by atoms with Gasteiger partial charge in [0.25, 0.3) is 0 Å². The maximum absolute atomic E-state index is 11.6. The van der Waals surface area contributed by atoms with Crippen molar-refractivity contribution in [3.05, 3.63) is 70.6 Å². The van der Waals surface area contributed by atoms with E-state index in [9.17, 15) is 15.2 Å². The lowest BCUT2D eigenvalue weighted by Gasteiger charge is -2.26. The Kier molecular flexibility index (Phi) is 3.84. The summed E-state index contributed by atoms with van der Waals surface area (Å²) in [7, 11) is 1.31. The van der Waals surface area contributed by atoms with Crippen molar-refractivity contribution >= 4 is 5.97 Å². The van der Waals surface area contributed by atoms with Crippen LogP contribution >= 0.6 is 0 Å². The fraction of sp³-hybridized carbons (Fsp3) is 0.111. The van der Waals surface area contributed by atoms with E-state index in [-0.39, 0.29) is 17.2 Å². The van der Waals surface area contributed by atoms with Gasteiger partial charge in [0.05, 0.1) is 18.6 Å². The zero-order valence-corrected chi connectivity index (χ0v) is 12.8. The van der Waals surface area contributed by atoms with Gasteiger partial charge in [-0.3, -0.25) is 0 Å². The Balaban J connectivity index is 2.11. The number of esters is 1. The van der Waals surface area contributed by atoms with Gasteiger partial charge in [-0.25, -0.2) is 4.79 Å². The molecule has 0 saturated carbocycles. The number of hydrogen-bond donors (Lipinski definition) is 2. The first-order valence-electron chi connectivity index (χ1n) is 7.14. The lowest BCUT2D eigenvalue weighted by atomic mass is 9.83. The first-order chi connectivity index (χ1) is 11.5. The molecule has 1 aliphatic rings. The predicted octanol–water partition coefficient (Wildman–Crippen LogP) is 2.40. The zero-order valence-electron chi connectivity index (χ0n) is 12.8. The van der Waals surface area contributed by atoms with E-state index in [1.807, 2.05) is 0 Å². The molecule has 120 valence electrons. The van der Waals surface area contributed by atoms with Gasteiger partial charge in [-0.15, -0.1) is 0 Å². The van der Waals surface area contributed by atoms with Gasteiger partial charge in [0, 0.05) is 11.6 Å². The number of aromatic hydroxyl groups is 1. The molecular weight excluding hydrogens is 308 g/mol. The number of carbonyl (C=O) groups excluding carboxylic acids is 1. The molecule has 0 aliphatic carbocycles. The van der Waals surface area contributed by atoms with Gasteiger partial charge in [0.2, 0.25) is 5.88 Å². The fourth-order valence-corrected chi connectivity index (χ4v) is 2.72. The van der Waals surface area contributed by atoms with Crippen LogP contribution < -0.4 is 10.5 Å². The van der Waals surface area contributed by atoms with Crippen molar-refractivity contribution in [3.63, 3.8) is 0 Å². The maximum Gasteiger partial charge on any atom is 0.337 e. The van der Waals surface area contributed by atoms with E-state index in [1.54, 1.807) is 30.3 Å². The van der Waals surface area contributed by atoms with Crippen molar-refractivity contribution in [2.24, 2.45) is 5.73 Å². The van der Waals surface area contributed by atoms with Crippen molar-refractivity contribution in [1.29, 1.82) is 5.26 Å². The number of carbonyl (C=O) groups is 1. The normalized spacial score (nSPS) is 15.9. The number of hydrogen-bond acceptors (Lipinski definition) is 6. The topological polar surface area (TPSA) is 106 Å². The lowest BCUT2D eigenvalue weighted by molar-refractivity contribution is 0.0600. The van der Waals surface area contributed by atoms with Crippen LogP contribution in [0, 0.1) is 11.3 Å². The van der Waals surface area contributed by atoms with E-state index < -0.39 is 11.9 Å². The zero-order chi connectivity index (χ0) is 17.3. The summed E-state index contributed by atoms with van der Waals surface area (Å²) in [6.45, 7) is 0. The Bertz CT molecular complexity index is 879. The second kappa shape index (κ2) is 5.97. The van der Waals surface area contributed by atoms with E-state index >= 15 is 0 Å². The molecule has 0 unspecified atom stereocenters. The molecule has 1 heterocycles. The van der Waals surface area contributed by atoms with Crippen molar-refractivity contribution < 1.29 is 19.4 Å². The number of ether oxygens (including phenoxy) is 2. The highest BCUT2D eigenvalue weighted by Crippen LogP contribution is 2.43. The molecule has 1 atom stereocenters. The SMILES string of the molecule is COC(=O)c1ccc([C@@H]2C(C#N)=C(N)Oc3cc(O)ccc32)cc1. The molecule has 1 aliphatic heterocycles. The summed E-state index contributed by atoms with van der Waals surface area (Å²) in [5.74, 6) is -0.437. The van der Waals surface area contributed by atoms with E-state index in [2.05, 4.69) is 10.8 Å². The van der Waals surface area contributed by atoms with E-state index in [0.717, 1.165) is 5.56 Å². The lowest BCUT2D eigenvalue weighted by Crippen LogP contribution is -2.21. The Labute approximate surface area is 138 Å². The Morgan fingerprint density at radius 1 is 1.29 bits per heavy atom. The van der Waals surface area contributed by atoms with Crippen LogP contribution in [0.1, 0.15) is 27.4 Å². The Hall–Kier alpha value is -3.46. The van der Waals surface area contributed by atoms with Gasteiger partial charge >= 0.3 is 5.97 Å². The number of phenolic OH excluding ortho intramolecular Hbond substituents is 1. The highest BCUT2D eigenvalue weighted by atomic mass is 16.5. The minimum atomic E-state index is -0.439. The molecule has 0 aromatic heterocycles. The summed E-state index contributed by atoms with van der Waals surface area (Å²) < 4.78 is 10.1. The number of nitrogens with two attached hydrogens (primary N) is 1. The Morgan fingerprint density at radius 3 is 2.62 bits per heavy atom. The fourth-order valence-electron chi connectivity index (χ4n) is 2.72. The molecule has 3 rings (SSSR count). The van der Waals surface area contributed by atoms with Crippen LogP contribution in [0.25, 0.3) is 0 Å². The monoisotopic (exact) mass is 322 g/mol. The summed E-state index contributed by atoms with van der Waals surface area (Å²) >= 11 is 0. The third-order valence-electron chi connectivity index (χ3n) is 3.87. The van der Waals surface area contributed by atoms with Gasteiger partial charge in [0.15, 0.2) is 0 Å². The van der Waals surface area contributed by atoms with Gasteiger partial charge < -0.3 is 20.3 Å². The average Bonchev–Trinajstić information content (AvgIpc) is 2.59. The third-order valence-corrected chi connectivity index (χ3v) is 3.87. The molecule has 6 heteroatoms. The molecule has 0 bridgehead atoms. The van der Waals surface area contributed by atoms with Gasteiger partial charge in [-0.05, 0) is 23.8 Å². The van der Waals surface area contributed by atoms with Crippen LogP contribution in [0.15, 0.2) is 53.9 Å². The summed E-state index contributed by atoms with van der Waals surface area (Å²) in [4.78, 5) is 11.6. The van der Waals surface area contributed by atoms with Crippen LogP contribution in [0.4, 0.5) is 0 Å². The van der Waals surface area contributed by atoms with Crippen molar-refractivity contribution in [3.8, 4) is 17.6 Å². The summed E-state index contributed by atoms with van der Waals surface area (Å²) in [5.41, 5.74) is 8.04. The van der Waals surface area contributed by atoms with E-state index in [4.69, 9.17) is 10.5 Å². The van der Waals surface area contributed by atoms with Gasteiger partial charge in [-0.1, -0.05) is 18.2 Å². The molecule has 0 fully saturated rings. The highest BCUT2D eigenvalue weighted by molar-refractivity contribution is 5.89. The maximum atomic E-state index is 11.6. The number of methoxy groups -OCH3 is 1. The average molecular weight is 322 g/mol. The first-order valence-corrected chi connectivity index (χ1v) is 7.14. The van der Waals surface area contributed by atoms with Gasteiger partial charge in [0.1, 0.15) is 23.1 Å². The number of phenols is 1. The smallest absolute Gasteiger partial charge is 0.337 e. The third kappa shape index (κ3) is 2.52. The number of rotatable bonds is 2. The second-order valence-electron chi connectivity index (χ2n) is 5.26. The van der Waals surface area contributed by atoms with Crippen molar-refractivity contribution in [2.45, 2.75) is 5.92 Å². The molecular formula is C18H14N2O4. The highest BCUT2D eigenvalue weighted by Gasteiger charge is 2.30. The second-order valence-corrected chi connectivity index (χ2v) is 5.26. The van der Waals surface area contributed by atoms with Crippen molar-refractivity contribution in [2.75, 3.05) is 7.11 Å². The molecule has 6 nitrogen and oxygen atoms in total. The van der Waals surface area contributed by atoms with Crippen molar-refractivity contribution in [1.82, 2.24) is 0 Å². The number of nitriles is 1. The predicted molar refractivity (Wildman–Crippen MR) is 85.2 cm³/mol. The largest absolute Gasteiger partial charge is 0.508 e. The van der Waals surface area contributed by atoms with Gasteiger partial charge in [-0.2, -0.15) is 5.26 Å². The molecule has 24 heavy (non-hydrogen) atoms. The van der Waals surface area contributed by atoms with Crippen LogP contribution in [0.5, 0.6) is 11.5 Å². The molecule has 0 saturated heterocycles. The molecule has 2 aromatic carbocycles.